The minimum Gasteiger partial charge on any atom is -0.491 e. The van der Waals surface area contributed by atoms with E-state index in [1.54, 1.807) is 12.1 Å². The average molecular weight is 262 g/mol. The number of ether oxygens (including phenoxy) is 1. The van der Waals surface area contributed by atoms with Crippen molar-refractivity contribution in [2.45, 2.75) is 13.3 Å². The summed E-state index contributed by atoms with van der Waals surface area (Å²) in [5.74, 6) is -0.155. The number of hydrogen-bond donors (Lipinski definition) is 0. The van der Waals surface area contributed by atoms with Crippen molar-refractivity contribution in [1.29, 1.82) is 5.26 Å². The van der Waals surface area contributed by atoms with Gasteiger partial charge in [0.15, 0.2) is 11.6 Å². The van der Waals surface area contributed by atoms with Crippen molar-refractivity contribution in [2.24, 2.45) is 0 Å². The van der Waals surface area contributed by atoms with Crippen LogP contribution in [0.5, 0.6) is 5.75 Å². The Hall–Kier alpha value is -1.93. The van der Waals surface area contributed by atoms with Gasteiger partial charge in [-0.15, -0.1) is 11.3 Å². The van der Waals surface area contributed by atoms with E-state index in [0.717, 1.165) is 5.01 Å². The molecule has 0 N–H and O–H groups in total. The predicted molar refractivity (Wildman–Crippen MR) is 68.0 cm³/mol. The minimum atomic E-state index is -0.399. The molecule has 2 rings (SSSR count). The van der Waals surface area contributed by atoms with Crippen molar-refractivity contribution >= 4 is 11.3 Å². The lowest BCUT2D eigenvalue weighted by atomic mass is 10.1. The fourth-order valence-corrected chi connectivity index (χ4v) is 2.26. The first kappa shape index (κ1) is 12.5. The second-order valence-electron chi connectivity index (χ2n) is 3.54. The number of nitriles is 1. The van der Waals surface area contributed by atoms with E-state index in [1.807, 2.05) is 18.4 Å². The molecule has 0 aliphatic carbocycles. The number of halogens is 1. The maximum atomic E-state index is 13.7. The summed E-state index contributed by atoms with van der Waals surface area (Å²) < 4.78 is 18.8. The molecular formula is C13H11FN2OS. The predicted octanol–water partition coefficient (Wildman–Crippen LogP) is 3.41. The Balaban J connectivity index is 2.28. The number of thiazole rings is 1. The van der Waals surface area contributed by atoms with Crippen molar-refractivity contribution in [3.8, 4) is 23.1 Å². The lowest BCUT2D eigenvalue weighted by molar-refractivity contribution is 0.321. The molecule has 5 heteroatoms. The average Bonchev–Trinajstić information content (AvgIpc) is 2.81. The molecule has 0 bridgehead atoms. The van der Waals surface area contributed by atoms with E-state index >= 15 is 0 Å². The van der Waals surface area contributed by atoms with Crippen LogP contribution in [0, 0.1) is 17.1 Å². The topological polar surface area (TPSA) is 45.9 Å². The van der Waals surface area contributed by atoms with Crippen molar-refractivity contribution in [3.05, 3.63) is 34.4 Å². The molecule has 92 valence electrons. The van der Waals surface area contributed by atoms with Crippen LogP contribution in [0.25, 0.3) is 11.3 Å². The molecule has 0 aliphatic rings. The van der Waals surface area contributed by atoms with Crippen LogP contribution in [0.3, 0.4) is 0 Å². The number of rotatable bonds is 4. The third-order valence-corrected chi connectivity index (χ3v) is 3.16. The first-order chi connectivity index (χ1) is 8.74. The zero-order valence-corrected chi connectivity index (χ0v) is 10.6. The smallest absolute Gasteiger partial charge is 0.165 e. The van der Waals surface area contributed by atoms with Gasteiger partial charge in [0.1, 0.15) is 5.01 Å². The molecular weight excluding hydrogens is 251 g/mol. The summed E-state index contributed by atoms with van der Waals surface area (Å²) in [6.45, 7) is 2.24. The number of hydrogen-bond acceptors (Lipinski definition) is 4. The van der Waals surface area contributed by atoms with E-state index in [-0.39, 0.29) is 12.2 Å². The SMILES string of the molecule is CCOc1ccc(-c2csc(CC#N)n2)cc1F. The minimum absolute atomic E-state index is 0.244. The number of nitrogens with zero attached hydrogens (tertiary/aromatic N) is 2. The highest BCUT2D eigenvalue weighted by Crippen LogP contribution is 2.26. The molecule has 1 aromatic carbocycles. The molecule has 0 aliphatic heterocycles. The molecule has 0 atom stereocenters. The van der Waals surface area contributed by atoms with Gasteiger partial charge in [-0.3, -0.25) is 0 Å². The largest absolute Gasteiger partial charge is 0.491 e. The van der Waals surface area contributed by atoms with E-state index < -0.39 is 5.82 Å². The first-order valence-corrected chi connectivity index (χ1v) is 6.36. The normalized spacial score (nSPS) is 10.1. The summed E-state index contributed by atoms with van der Waals surface area (Å²) in [5, 5.41) is 11.1. The Morgan fingerprint density at radius 3 is 3.00 bits per heavy atom. The van der Waals surface area contributed by atoms with Gasteiger partial charge in [-0.2, -0.15) is 5.26 Å². The van der Waals surface area contributed by atoms with Gasteiger partial charge in [0.05, 0.1) is 24.8 Å². The maximum Gasteiger partial charge on any atom is 0.165 e. The highest BCUT2D eigenvalue weighted by atomic mass is 32.1. The summed E-state index contributed by atoms with van der Waals surface area (Å²) in [5.41, 5.74) is 1.38. The van der Waals surface area contributed by atoms with Gasteiger partial charge in [0.25, 0.3) is 0 Å². The lowest BCUT2D eigenvalue weighted by Gasteiger charge is -2.05. The Morgan fingerprint density at radius 2 is 2.33 bits per heavy atom. The fourth-order valence-electron chi connectivity index (χ4n) is 1.53. The monoisotopic (exact) mass is 262 g/mol. The van der Waals surface area contributed by atoms with Gasteiger partial charge in [-0.25, -0.2) is 9.37 Å². The second kappa shape index (κ2) is 5.61. The Kier molecular flexibility index (Phi) is 3.90. The molecule has 0 saturated heterocycles. The Bertz CT molecular complexity index is 589. The standard InChI is InChI=1S/C13H11FN2OS/c1-2-17-12-4-3-9(7-10(12)14)11-8-18-13(16-11)5-6-15/h3-4,7-8H,2,5H2,1H3. The molecule has 2 aromatic rings. The third kappa shape index (κ3) is 2.66. The first-order valence-electron chi connectivity index (χ1n) is 5.48. The zero-order chi connectivity index (χ0) is 13.0. The summed E-state index contributed by atoms with van der Waals surface area (Å²) >= 11 is 1.40. The van der Waals surface area contributed by atoms with E-state index in [1.165, 1.54) is 17.4 Å². The molecule has 0 unspecified atom stereocenters. The van der Waals surface area contributed by atoms with Gasteiger partial charge < -0.3 is 4.74 Å². The van der Waals surface area contributed by atoms with Crippen LogP contribution in [0.4, 0.5) is 4.39 Å². The van der Waals surface area contributed by atoms with E-state index in [0.29, 0.717) is 17.9 Å². The van der Waals surface area contributed by atoms with Crippen LogP contribution in [-0.2, 0) is 6.42 Å². The van der Waals surface area contributed by atoms with Crippen LogP contribution in [-0.4, -0.2) is 11.6 Å². The van der Waals surface area contributed by atoms with Crippen molar-refractivity contribution in [3.63, 3.8) is 0 Å². The van der Waals surface area contributed by atoms with E-state index in [9.17, 15) is 4.39 Å². The highest BCUT2D eigenvalue weighted by molar-refractivity contribution is 7.10. The maximum absolute atomic E-state index is 13.7. The molecule has 0 amide bonds. The summed E-state index contributed by atoms with van der Waals surface area (Å²) in [4.78, 5) is 4.28. The molecule has 18 heavy (non-hydrogen) atoms. The van der Waals surface area contributed by atoms with Crippen molar-refractivity contribution < 1.29 is 9.13 Å². The Morgan fingerprint density at radius 1 is 1.50 bits per heavy atom. The van der Waals surface area contributed by atoms with Gasteiger partial charge in [-0.1, -0.05) is 0 Å². The van der Waals surface area contributed by atoms with Crippen molar-refractivity contribution in [1.82, 2.24) is 4.98 Å². The van der Waals surface area contributed by atoms with Gasteiger partial charge in [0.2, 0.25) is 0 Å². The second-order valence-corrected chi connectivity index (χ2v) is 4.48. The van der Waals surface area contributed by atoms with Gasteiger partial charge in [-0.05, 0) is 25.1 Å². The van der Waals surface area contributed by atoms with Crippen LogP contribution in [0.15, 0.2) is 23.6 Å². The molecule has 3 nitrogen and oxygen atoms in total. The van der Waals surface area contributed by atoms with Crippen LogP contribution >= 0.6 is 11.3 Å². The van der Waals surface area contributed by atoms with Crippen LogP contribution in [0.2, 0.25) is 0 Å². The fraction of sp³-hybridized carbons (Fsp3) is 0.231. The molecule has 0 fully saturated rings. The summed E-state index contributed by atoms with van der Waals surface area (Å²) in [7, 11) is 0. The van der Waals surface area contributed by atoms with Crippen LogP contribution in [0.1, 0.15) is 11.9 Å². The third-order valence-electron chi connectivity index (χ3n) is 2.31. The van der Waals surface area contributed by atoms with Gasteiger partial charge >= 0.3 is 0 Å². The van der Waals surface area contributed by atoms with Crippen LogP contribution < -0.4 is 4.74 Å². The Labute approximate surface area is 108 Å². The lowest BCUT2D eigenvalue weighted by Crippen LogP contribution is -1.94. The van der Waals surface area contributed by atoms with Gasteiger partial charge in [0, 0.05) is 10.9 Å². The summed E-state index contributed by atoms with van der Waals surface area (Å²) in [6, 6.07) is 6.80. The quantitative estimate of drug-likeness (QED) is 0.848. The number of benzene rings is 1. The zero-order valence-electron chi connectivity index (χ0n) is 9.81. The summed E-state index contributed by atoms with van der Waals surface area (Å²) in [6.07, 6.45) is 0.282. The number of aromatic nitrogens is 1. The molecule has 0 spiro atoms. The molecule has 1 heterocycles. The molecule has 1 aromatic heterocycles. The highest BCUT2D eigenvalue weighted by Gasteiger charge is 2.08. The molecule has 0 saturated carbocycles. The van der Waals surface area contributed by atoms with E-state index in [2.05, 4.69) is 4.98 Å². The molecule has 0 radical (unpaired) electrons. The van der Waals surface area contributed by atoms with E-state index in [4.69, 9.17) is 10.00 Å². The van der Waals surface area contributed by atoms with Crippen molar-refractivity contribution in [2.75, 3.05) is 6.61 Å².